The van der Waals surface area contributed by atoms with Crippen molar-refractivity contribution in [1.29, 1.82) is 0 Å². The number of amides is 1. The monoisotopic (exact) mass is 366 g/mol. The van der Waals surface area contributed by atoms with Crippen LogP contribution in [0.15, 0.2) is 60.8 Å². The molecule has 1 atom stereocenters. The first-order valence-electron chi connectivity index (χ1n) is 8.79. The Bertz CT molecular complexity index is 918. The van der Waals surface area contributed by atoms with Crippen LogP contribution in [0.1, 0.15) is 19.4 Å². The summed E-state index contributed by atoms with van der Waals surface area (Å²) in [5.74, 6) is -0.265. The standard InChI is InChI=1S/C21H22N2O4/c1-14(2)19(23-21(25)26-13-15-8-4-3-5-9-15)20(24)27-18-12-22-17-11-7-6-10-16(17)18/h3-12,14,19,22H,13H2,1-2H3,(H,23,25)/t19-/m0/s1. The fourth-order valence-corrected chi connectivity index (χ4v) is 2.69. The lowest BCUT2D eigenvalue weighted by Gasteiger charge is -2.20. The molecular weight excluding hydrogens is 344 g/mol. The lowest BCUT2D eigenvalue weighted by molar-refractivity contribution is -0.137. The maximum atomic E-state index is 12.6. The Labute approximate surface area is 157 Å². The molecule has 0 aliphatic rings. The van der Waals surface area contributed by atoms with Crippen LogP contribution in [0.5, 0.6) is 5.75 Å². The summed E-state index contributed by atoms with van der Waals surface area (Å²) in [6.07, 6.45) is 0.974. The molecule has 0 unspecified atom stereocenters. The van der Waals surface area contributed by atoms with E-state index in [-0.39, 0.29) is 12.5 Å². The number of hydrogen-bond donors (Lipinski definition) is 2. The number of aromatic amines is 1. The van der Waals surface area contributed by atoms with Gasteiger partial charge in [-0.05, 0) is 23.6 Å². The van der Waals surface area contributed by atoms with Gasteiger partial charge >= 0.3 is 12.1 Å². The summed E-state index contributed by atoms with van der Waals surface area (Å²) in [7, 11) is 0. The van der Waals surface area contributed by atoms with Gasteiger partial charge in [0.25, 0.3) is 0 Å². The van der Waals surface area contributed by atoms with Crippen molar-refractivity contribution in [2.75, 3.05) is 0 Å². The largest absolute Gasteiger partial charge is 0.445 e. The Morgan fingerprint density at radius 3 is 2.48 bits per heavy atom. The number of esters is 1. The quantitative estimate of drug-likeness (QED) is 0.646. The van der Waals surface area contributed by atoms with E-state index in [1.165, 1.54) is 0 Å². The number of H-pyrrole nitrogens is 1. The van der Waals surface area contributed by atoms with Gasteiger partial charge in [0.15, 0.2) is 5.75 Å². The van der Waals surface area contributed by atoms with Crippen LogP contribution in [-0.4, -0.2) is 23.1 Å². The van der Waals surface area contributed by atoms with E-state index in [2.05, 4.69) is 10.3 Å². The predicted molar refractivity (Wildman–Crippen MR) is 102 cm³/mol. The van der Waals surface area contributed by atoms with Crippen molar-refractivity contribution in [2.45, 2.75) is 26.5 Å². The van der Waals surface area contributed by atoms with Crippen LogP contribution < -0.4 is 10.1 Å². The molecule has 0 fully saturated rings. The van der Waals surface area contributed by atoms with E-state index in [0.717, 1.165) is 16.5 Å². The zero-order valence-corrected chi connectivity index (χ0v) is 15.3. The second kappa shape index (κ2) is 8.40. The van der Waals surface area contributed by atoms with Gasteiger partial charge in [0.05, 0.1) is 0 Å². The van der Waals surface area contributed by atoms with E-state index in [1.54, 1.807) is 6.20 Å². The number of nitrogens with one attached hydrogen (secondary N) is 2. The number of ether oxygens (including phenoxy) is 2. The Balaban J connectivity index is 1.62. The molecule has 1 amide bonds. The molecule has 6 nitrogen and oxygen atoms in total. The molecule has 1 aromatic heterocycles. The Morgan fingerprint density at radius 2 is 1.74 bits per heavy atom. The number of para-hydroxylation sites is 1. The van der Waals surface area contributed by atoms with E-state index < -0.39 is 18.1 Å². The zero-order valence-electron chi connectivity index (χ0n) is 15.3. The molecule has 3 aromatic rings. The molecule has 0 aliphatic carbocycles. The Hall–Kier alpha value is -3.28. The summed E-state index contributed by atoms with van der Waals surface area (Å²) < 4.78 is 10.7. The van der Waals surface area contributed by atoms with Gasteiger partial charge in [-0.2, -0.15) is 0 Å². The van der Waals surface area contributed by atoms with Crippen LogP contribution >= 0.6 is 0 Å². The van der Waals surface area contributed by atoms with Gasteiger partial charge in [-0.15, -0.1) is 0 Å². The topological polar surface area (TPSA) is 80.4 Å². The average molecular weight is 366 g/mol. The van der Waals surface area contributed by atoms with Crippen molar-refractivity contribution in [3.63, 3.8) is 0 Å². The summed E-state index contributed by atoms with van der Waals surface area (Å²) in [5, 5.41) is 3.41. The Kier molecular flexibility index (Phi) is 5.76. The van der Waals surface area contributed by atoms with Crippen molar-refractivity contribution >= 4 is 23.0 Å². The van der Waals surface area contributed by atoms with Crippen molar-refractivity contribution in [3.8, 4) is 5.75 Å². The number of rotatable bonds is 6. The Morgan fingerprint density at radius 1 is 1.04 bits per heavy atom. The first-order chi connectivity index (χ1) is 13.0. The number of carbonyl (C=O) groups excluding carboxylic acids is 2. The smallest absolute Gasteiger partial charge is 0.408 e. The molecule has 0 spiro atoms. The molecule has 0 saturated carbocycles. The van der Waals surface area contributed by atoms with Crippen LogP contribution in [0.2, 0.25) is 0 Å². The van der Waals surface area contributed by atoms with E-state index in [0.29, 0.717) is 5.75 Å². The summed E-state index contributed by atoms with van der Waals surface area (Å²) in [6.45, 7) is 3.80. The number of benzene rings is 2. The van der Waals surface area contributed by atoms with Gasteiger partial charge in [0.2, 0.25) is 0 Å². The minimum absolute atomic E-state index is 0.134. The summed E-state index contributed by atoms with van der Waals surface area (Å²) in [4.78, 5) is 27.8. The van der Waals surface area contributed by atoms with Crippen molar-refractivity contribution in [3.05, 3.63) is 66.4 Å². The molecule has 2 aromatic carbocycles. The molecule has 140 valence electrons. The zero-order chi connectivity index (χ0) is 19.2. The molecule has 0 aliphatic heterocycles. The van der Waals surface area contributed by atoms with Gasteiger partial charge in [-0.3, -0.25) is 0 Å². The highest BCUT2D eigenvalue weighted by molar-refractivity contribution is 5.90. The van der Waals surface area contributed by atoms with Gasteiger partial charge in [-0.1, -0.05) is 56.3 Å². The minimum atomic E-state index is -0.818. The summed E-state index contributed by atoms with van der Waals surface area (Å²) in [6, 6.07) is 16.0. The maximum absolute atomic E-state index is 12.6. The molecule has 1 heterocycles. The maximum Gasteiger partial charge on any atom is 0.408 e. The number of hydrogen-bond acceptors (Lipinski definition) is 4. The highest BCUT2D eigenvalue weighted by atomic mass is 16.6. The molecule has 0 saturated heterocycles. The van der Waals surface area contributed by atoms with Crippen LogP contribution in [0, 0.1) is 5.92 Å². The SMILES string of the molecule is CC(C)[C@H](NC(=O)OCc1ccccc1)C(=O)Oc1c[nH]c2ccccc12. The van der Waals surface area contributed by atoms with Gasteiger partial charge in [0, 0.05) is 17.1 Å². The van der Waals surface area contributed by atoms with Crippen molar-refractivity contribution in [2.24, 2.45) is 5.92 Å². The third kappa shape index (κ3) is 4.67. The highest BCUT2D eigenvalue weighted by Crippen LogP contribution is 2.25. The van der Waals surface area contributed by atoms with Crippen LogP contribution in [0.3, 0.4) is 0 Å². The summed E-state index contributed by atoms with van der Waals surface area (Å²) in [5.41, 5.74) is 1.74. The first kappa shape index (κ1) is 18.5. The third-order valence-corrected chi connectivity index (χ3v) is 4.17. The normalized spacial score (nSPS) is 12.0. The average Bonchev–Trinajstić information content (AvgIpc) is 3.08. The molecule has 0 radical (unpaired) electrons. The number of fused-ring (bicyclic) bond motifs is 1. The lowest BCUT2D eigenvalue weighted by Crippen LogP contribution is -2.46. The van der Waals surface area contributed by atoms with E-state index in [1.807, 2.05) is 68.4 Å². The second-order valence-corrected chi connectivity index (χ2v) is 6.55. The number of carbonyl (C=O) groups is 2. The van der Waals surface area contributed by atoms with E-state index in [9.17, 15) is 9.59 Å². The van der Waals surface area contributed by atoms with Crippen LogP contribution in [-0.2, 0) is 16.1 Å². The first-order valence-corrected chi connectivity index (χ1v) is 8.79. The molecule has 6 heteroatoms. The predicted octanol–water partition coefficient (Wildman–Crippen LogP) is 4.02. The van der Waals surface area contributed by atoms with Crippen molar-refractivity contribution in [1.82, 2.24) is 10.3 Å². The number of alkyl carbamates (subject to hydrolysis) is 1. The lowest BCUT2D eigenvalue weighted by atomic mass is 10.1. The molecule has 3 rings (SSSR count). The highest BCUT2D eigenvalue weighted by Gasteiger charge is 2.27. The third-order valence-electron chi connectivity index (χ3n) is 4.17. The van der Waals surface area contributed by atoms with E-state index in [4.69, 9.17) is 9.47 Å². The number of aromatic nitrogens is 1. The van der Waals surface area contributed by atoms with E-state index >= 15 is 0 Å². The molecule has 0 bridgehead atoms. The van der Waals surface area contributed by atoms with Gasteiger partial charge < -0.3 is 19.8 Å². The molecule has 27 heavy (non-hydrogen) atoms. The van der Waals surface area contributed by atoms with Gasteiger partial charge in [0.1, 0.15) is 12.6 Å². The molecule has 2 N–H and O–H groups in total. The minimum Gasteiger partial charge on any atom is -0.445 e. The molecular formula is C21H22N2O4. The van der Waals surface area contributed by atoms with Gasteiger partial charge in [-0.25, -0.2) is 9.59 Å². The fourth-order valence-electron chi connectivity index (χ4n) is 2.69. The fraction of sp³-hybridized carbons (Fsp3) is 0.238. The summed E-state index contributed by atoms with van der Waals surface area (Å²) >= 11 is 0. The van der Waals surface area contributed by atoms with Crippen LogP contribution in [0.4, 0.5) is 4.79 Å². The van der Waals surface area contributed by atoms with Crippen LogP contribution in [0.25, 0.3) is 10.9 Å². The second-order valence-electron chi connectivity index (χ2n) is 6.55. The van der Waals surface area contributed by atoms with Crippen molar-refractivity contribution < 1.29 is 19.1 Å².